The molecule has 0 unspecified atom stereocenters. The first-order valence-corrected chi connectivity index (χ1v) is 9.79. The Bertz CT molecular complexity index is 762. The molecule has 0 aliphatic rings. The molecule has 0 aromatic heterocycles. The number of hydrogen-bond acceptors (Lipinski definition) is 3. The lowest BCUT2D eigenvalue weighted by molar-refractivity contribution is -0.129. The number of amides is 2. The fourth-order valence-electron chi connectivity index (χ4n) is 2.40. The Balaban J connectivity index is 1.81. The molecule has 5 nitrogen and oxygen atoms in total. The SMILES string of the molecule is CCCCOc1ccc(C(=O)NCC(=O)N(C)Cc2ccccc2Br)cc1. The van der Waals surface area contributed by atoms with Crippen molar-refractivity contribution >= 4 is 27.7 Å². The molecule has 0 atom stereocenters. The van der Waals surface area contributed by atoms with E-state index in [2.05, 4.69) is 28.2 Å². The Morgan fingerprint density at radius 2 is 1.81 bits per heavy atom. The molecule has 144 valence electrons. The van der Waals surface area contributed by atoms with Crippen LogP contribution >= 0.6 is 15.9 Å². The number of unbranched alkanes of at least 4 members (excludes halogenated alkanes) is 1. The van der Waals surface area contributed by atoms with Crippen molar-refractivity contribution < 1.29 is 14.3 Å². The summed E-state index contributed by atoms with van der Waals surface area (Å²) in [5, 5.41) is 2.67. The zero-order valence-corrected chi connectivity index (χ0v) is 17.3. The minimum absolute atomic E-state index is 0.0471. The summed E-state index contributed by atoms with van der Waals surface area (Å²) in [6.07, 6.45) is 2.07. The average molecular weight is 433 g/mol. The largest absolute Gasteiger partial charge is 0.494 e. The highest BCUT2D eigenvalue weighted by Gasteiger charge is 2.13. The lowest BCUT2D eigenvalue weighted by Gasteiger charge is -2.18. The molecule has 1 N–H and O–H groups in total. The summed E-state index contributed by atoms with van der Waals surface area (Å²) in [6.45, 7) is 3.20. The Morgan fingerprint density at radius 3 is 2.48 bits per heavy atom. The van der Waals surface area contributed by atoms with E-state index in [0.717, 1.165) is 28.6 Å². The number of likely N-dealkylation sites (N-methyl/N-ethyl adjacent to an activating group) is 1. The van der Waals surface area contributed by atoms with Gasteiger partial charge in [0.25, 0.3) is 5.91 Å². The number of carbonyl (C=O) groups excluding carboxylic acids is 2. The van der Waals surface area contributed by atoms with Crippen LogP contribution in [0.5, 0.6) is 5.75 Å². The standard InChI is InChI=1S/C21H25BrN2O3/c1-3-4-13-27-18-11-9-16(10-12-18)21(26)23-14-20(25)24(2)15-17-7-5-6-8-19(17)22/h5-12H,3-4,13-15H2,1-2H3,(H,23,26). The van der Waals surface area contributed by atoms with Crippen molar-refractivity contribution in [1.29, 1.82) is 0 Å². The number of halogens is 1. The van der Waals surface area contributed by atoms with E-state index < -0.39 is 0 Å². The number of hydrogen-bond donors (Lipinski definition) is 1. The van der Waals surface area contributed by atoms with E-state index in [4.69, 9.17) is 4.74 Å². The van der Waals surface area contributed by atoms with Crippen LogP contribution in [0.4, 0.5) is 0 Å². The highest BCUT2D eigenvalue weighted by molar-refractivity contribution is 9.10. The van der Waals surface area contributed by atoms with Crippen molar-refractivity contribution in [3.8, 4) is 5.75 Å². The van der Waals surface area contributed by atoms with Crippen LogP contribution < -0.4 is 10.1 Å². The van der Waals surface area contributed by atoms with Crippen molar-refractivity contribution in [2.75, 3.05) is 20.2 Å². The average Bonchev–Trinajstić information content (AvgIpc) is 2.68. The van der Waals surface area contributed by atoms with Crippen LogP contribution in [0.2, 0.25) is 0 Å². The summed E-state index contributed by atoms with van der Waals surface area (Å²) < 4.78 is 6.53. The number of carbonyl (C=O) groups is 2. The van der Waals surface area contributed by atoms with Crippen LogP contribution in [0.1, 0.15) is 35.7 Å². The Labute approximate surface area is 168 Å². The molecule has 0 heterocycles. The molecule has 2 aromatic rings. The zero-order valence-electron chi connectivity index (χ0n) is 15.7. The van der Waals surface area contributed by atoms with Crippen LogP contribution in [0, 0.1) is 0 Å². The summed E-state index contributed by atoms with van der Waals surface area (Å²) >= 11 is 3.47. The zero-order chi connectivity index (χ0) is 19.6. The molecule has 0 aliphatic carbocycles. The number of nitrogens with one attached hydrogen (secondary N) is 1. The smallest absolute Gasteiger partial charge is 0.251 e. The molecular weight excluding hydrogens is 408 g/mol. The number of nitrogens with zero attached hydrogens (tertiary/aromatic N) is 1. The fourth-order valence-corrected chi connectivity index (χ4v) is 2.81. The quantitative estimate of drug-likeness (QED) is 0.608. The van der Waals surface area contributed by atoms with Gasteiger partial charge in [0.15, 0.2) is 0 Å². The van der Waals surface area contributed by atoms with E-state index in [1.807, 2.05) is 24.3 Å². The summed E-state index contributed by atoms with van der Waals surface area (Å²) in [5.41, 5.74) is 1.51. The van der Waals surface area contributed by atoms with Crippen LogP contribution in [-0.2, 0) is 11.3 Å². The maximum Gasteiger partial charge on any atom is 0.251 e. The van der Waals surface area contributed by atoms with Crippen LogP contribution in [-0.4, -0.2) is 36.9 Å². The van der Waals surface area contributed by atoms with Gasteiger partial charge in [-0.3, -0.25) is 9.59 Å². The van der Waals surface area contributed by atoms with Gasteiger partial charge in [-0.1, -0.05) is 47.5 Å². The molecule has 2 rings (SSSR count). The Morgan fingerprint density at radius 1 is 1.11 bits per heavy atom. The van der Waals surface area contributed by atoms with Crippen LogP contribution in [0.3, 0.4) is 0 Å². The first-order chi connectivity index (χ1) is 13.0. The first-order valence-electron chi connectivity index (χ1n) is 8.99. The molecule has 2 aromatic carbocycles. The van der Waals surface area contributed by atoms with Gasteiger partial charge in [0.1, 0.15) is 5.75 Å². The molecule has 0 saturated heterocycles. The van der Waals surface area contributed by atoms with E-state index >= 15 is 0 Å². The fraction of sp³-hybridized carbons (Fsp3) is 0.333. The van der Waals surface area contributed by atoms with Gasteiger partial charge in [-0.05, 0) is 42.3 Å². The third-order valence-corrected chi connectivity index (χ3v) is 4.85. The highest BCUT2D eigenvalue weighted by atomic mass is 79.9. The molecule has 0 radical (unpaired) electrons. The van der Waals surface area contributed by atoms with Gasteiger partial charge in [-0.15, -0.1) is 0 Å². The van der Waals surface area contributed by atoms with Crippen molar-refractivity contribution in [3.63, 3.8) is 0 Å². The van der Waals surface area contributed by atoms with E-state index in [0.29, 0.717) is 18.7 Å². The predicted octanol–water partition coefficient (Wildman–Crippen LogP) is 4.02. The molecule has 0 spiro atoms. The second-order valence-corrected chi connectivity index (χ2v) is 7.10. The van der Waals surface area contributed by atoms with E-state index in [9.17, 15) is 9.59 Å². The lowest BCUT2D eigenvalue weighted by atomic mass is 10.2. The van der Waals surface area contributed by atoms with Crippen molar-refractivity contribution in [2.24, 2.45) is 0 Å². The molecule has 27 heavy (non-hydrogen) atoms. The molecular formula is C21H25BrN2O3. The van der Waals surface area contributed by atoms with Crippen molar-refractivity contribution in [1.82, 2.24) is 10.2 Å². The minimum Gasteiger partial charge on any atom is -0.494 e. The van der Waals surface area contributed by atoms with Gasteiger partial charge in [-0.2, -0.15) is 0 Å². The summed E-state index contributed by atoms with van der Waals surface area (Å²) in [4.78, 5) is 26.1. The van der Waals surface area contributed by atoms with Crippen LogP contribution in [0.25, 0.3) is 0 Å². The molecule has 0 bridgehead atoms. The van der Waals surface area contributed by atoms with Crippen molar-refractivity contribution in [2.45, 2.75) is 26.3 Å². The second-order valence-electron chi connectivity index (χ2n) is 6.25. The van der Waals surface area contributed by atoms with Gasteiger partial charge < -0.3 is 15.0 Å². The summed E-state index contributed by atoms with van der Waals surface area (Å²) in [5.74, 6) is 0.306. The summed E-state index contributed by atoms with van der Waals surface area (Å²) in [7, 11) is 1.72. The molecule has 6 heteroatoms. The lowest BCUT2D eigenvalue weighted by Crippen LogP contribution is -2.37. The van der Waals surface area contributed by atoms with Gasteiger partial charge in [-0.25, -0.2) is 0 Å². The van der Waals surface area contributed by atoms with E-state index in [-0.39, 0.29) is 18.4 Å². The maximum atomic E-state index is 12.3. The number of rotatable bonds is 9. The topological polar surface area (TPSA) is 58.6 Å². The Hall–Kier alpha value is -2.34. The minimum atomic E-state index is -0.280. The monoisotopic (exact) mass is 432 g/mol. The predicted molar refractivity (Wildman–Crippen MR) is 110 cm³/mol. The van der Waals surface area contributed by atoms with Crippen molar-refractivity contribution in [3.05, 3.63) is 64.1 Å². The van der Waals surface area contributed by atoms with Gasteiger partial charge in [0, 0.05) is 23.6 Å². The van der Waals surface area contributed by atoms with Crippen LogP contribution in [0.15, 0.2) is 53.0 Å². The maximum absolute atomic E-state index is 12.3. The molecule has 0 saturated carbocycles. The Kier molecular flexibility index (Phi) is 8.33. The number of benzene rings is 2. The second kappa shape index (κ2) is 10.7. The number of ether oxygens (including phenoxy) is 1. The van der Waals surface area contributed by atoms with Gasteiger partial charge >= 0.3 is 0 Å². The van der Waals surface area contributed by atoms with E-state index in [1.54, 1.807) is 36.2 Å². The highest BCUT2D eigenvalue weighted by Crippen LogP contribution is 2.17. The third-order valence-electron chi connectivity index (χ3n) is 4.07. The van der Waals surface area contributed by atoms with Gasteiger partial charge in [0.05, 0.1) is 13.2 Å². The molecule has 0 fully saturated rings. The molecule has 2 amide bonds. The first kappa shape index (κ1) is 21.0. The van der Waals surface area contributed by atoms with Gasteiger partial charge in [0.2, 0.25) is 5.91 Å². The summed E-state index contributed by atoms with van der Waals surface area (Å²) in [6, 6.07) is 14.7. The molecule has 0 aliphatic heterocycles. The normalized spacial score (nSPS) is 10.3. The van der Waals surface area contributed by atoms with E-state index in [1.165, 1.54) is 0 Å². The third kappa shape index (κ3) is 6.71.